The summed E-state index contributed by atoms with van der Waals surface area (Å²) >= 11 is 0. The van der Waals surface area contributed by atoms with Crippen LogP contribution in [0.1, 0.15) is 6.42 Å². The Kier molecular flexibility index (Phi) is 8.57. The number of carboxylic acids is 2. The monoisotopic (exact) mass is 280 g/mol. The second-order valence-corrected chi connectivity index (χ2v) is 6.57. The van der Waals surface area contributed by atoms with Crippen molar-refractivity contribution in [1.82, 2.24) is 0 Å². The predicted molar refractivity (Wildman–Crippen MR) is 71.7 cm³/mol. The number of aliphatic hydroxyl groups excluding tert-OH is 1. The van der Waals surface area contributed by atoms with Gasteiger partial charge in [-0.15, -0.1) is 0 Å². The lowest BCUT2D eigenvalue weighted by atomic mass is 10.2. The lowest BCUT2D eigenvalue weighted by Crippen LogP contribution is -2.42. The van der Waals surface area contributed by atoms with Gasteiger partial charge in [-0.25, -0.2) is 4.79 Å². The minimum Gasteiger partial charge on any atom is -0.481 e. The Hall–Kier alpha value is -1.18. The second kappa shape index (κ2) is 8.08. The lowest BCUT2D eigenvalue weighted by Gasteiger charge is -2.25. The highest BCUT2D eigenvalue weighted by molar-refractivity contribution is 5.67. The van der Waals surface area contributed by atoms with Crippen LogP contribution in [0.2, 0.25) is 0 Å². The lowest BCUT2D eigenvalue weighted by molar-refractivity contribution is -0.873. The number of carboxylic acid groups (broad SMARTS) is 2. The Morgan fingerprint density at radius 2 is 1.32 bits per heavy atom. The number of hydrogen-bond acceptors (Lipinski definition) is 3. The van der Waals surface area contributed by atoms with E-state index in [1.54, 1.807) is 0 Å². The molecule has 1 unspecified atom stereocenters. The summed E-state index contributed by atoms with van der Waals surface area (Å²) in [5.41, 5.74) is 0. The first-order chi connectivity index (χ1) is 8.23. The van der Waals surface area contributed by atoms with E-state index >= 15 is 0 Å². The average molecular weight is 280 g/mol. The third-order valence-corrected chi connectivity index (χ3v) is 1.78. The Balaban J connectivity index is 0. The molecule has 0 rings (SSSR count). The molecule has 0 aromatic carbocycles. The zero-order valence-corrected chi connectivity index (χ0v) is 12.8. The number of likely N-dealkylation sites (N-methyl/N-ethyl adjacent to an activating group) is 2. The van der Waals surface area contributed by atoms with Gasteiger partial charge in [-0.2, -0.15) is 0 Å². The van der Waals surface area contributed by atoms with Crippen LogP contribution in [0.3, 0.4) is 0 Å². The summed E-state index contributed by atoms with van der Waals surface area (Å²) in [6, 6.07) is 0. The number of aliphatic hydroxyl groups is 1. The fraction of sp³-hybridized carbons (Fsp3) is 0.833. The number of carbonyl (C=O) groups is 2. The molecule has 0 saturated carbocycles. The number of hydrogen-bond donors (Lipinski definition) is 3. The summed E-state index contributed by atoms with van der Waals surface area (Å²) in [5, 5.41) is 25.7. The van der Waals surface area contributed by atoms with Crippen molar-refractivity contribution in [3.05, 3.63) is 0 Å². The SMILES string of the molecule is C[N+](C)(C)CC(=O)O.C[N+](C)(C)CC(O)CC(=O)O. The van der Waals surface area contributed by atoms with Gasteiger partial charge in [0.2, 0.25) is 0 Å². The Morgan fingerprint density at radius 3 is 1.47 bits per heavy atom. The molecule has 0 aliphatic heterocycles. The van der Waals surface area contributed by atoms with Gasteiger partial charge in [0.05, 0.1) is 48.7 Å². The van der Waals surface area contributed by atoms with Gasteiger partial charge in [0.25, 0.3) is 0 Å². The molecule has 0 fully saturated rings. The Bertz CT molecular complexity index is 291. The molecule has 114 valence electrons. The standard InChI is InChI=1S/C7H15NO3.C5H11NO2/c1-8(2,3)5-6(9)4-7(10)11;1-6(2,3)4-5(7)8/h6,9H,4-5H2,1-3H3;4H2,1-3H3/p+2. The third-order valence-electron chi connectivity index (χ3n) is 1.78. The van der Waals surface area contributed by atoms with Gasteiger partial charge in [-0.1, -0.05) is 0 Å². The molecule has 19 heavy (non-hydrogen) atoms. The van der Waals surface area contributed by atoms with Crippen LogP contribution in [-0.4, -0.2) is 97.7 Å². The van der Waals surface area contributed by atoms with E-state index in [9.17, 15) is 9.59 Å². The molecule has 7 heteroatoms. The first-order valence-corrected chi connectivity index (χ1v) is 5.95. The van der Waals surface area contributed by atoms with Crippen molar-refractivity contribution in [1.29, 1.82) is 0 Å². The van der Waals surface area contributed by atoms with E-state index in [-0.39, 0.29) is 13.0 Å². The van der Waals surface area contributed by atoms with Crippen molar-refractivity contribution in [2.75, 3.05) is 55.4 Å². The van der Waals surface area contributed by atoms with Crippen LogP contribution in [0.5, 0.6) is 0 Å². The zero-order valence-electron chi connectivity index (χ0n) is 12.8. The quantitative estimate of drug-likeness (QED) is 0.560. The summed E-state index contributed by atoms with van der Waals surface area (Å²) < 4.78 is 1.06. The molecule has 7 nitrogen and oxygen atoms in total. The van der Waals surface area contributed by atoms with E-state index < -0.39 is 18.0 Å². The van der Waals surface area contributed by atoms with E-state index in [0.29, 0.717) is 15.5 Å². The Morgan fingerprint density at radius 1 is 0.895 bits per heavy atom. The van der Waals surface area contributed by atoms with E-state index in [1.165, 1.54) is 0 Å². The Labute approximate surface area is 114 Å². The molecule has 0 aliphatic carbocycles. The molecular formula is C12H28N2O5+2. The van der Waals surface area contributed by atoms with Gasteiger partial charge in [-0.05, 0) is 0 Å². The van der Waals surface area contributed by atoms with Crippen LogP contribution in [-0.2, 0) is 9.59 Å². The van der Waals surface area contributed by atoms with Gasteiger partial charge < -0.3 is 24.3 Å². The maximum atomic E-state index is 10.1. The van der Waals surface area contributed by atoms with Gasteiger partial charge in [0.1, 0.15) is 12.6 Å². The van der Waals surface area contributed by atoms with Gasteiger partial charge in [-0.3, -0.25) is 4.79 Å². The highest BCUT2D eigenvalue weighted by atomic mass is 16.4. The molecule has 0 aromatic rings. The molecule has 0 aliphatic rings. The van der Waals surface area contributed by atoms with Crippen LogP contribution in [0.25, 0.3) is 0 Å². The highest BCUT2D eigenvalue weighted by Gasteiger charge is 2.17. The molecule has 0 heterocycles. The van der Waals surface area contributed by atoms with Crippen molar-refractivity contribution in [3.8, 4) is 0 Å². The van der Waals surface area contributed by atoms with E-state index in [1.807, 2.05) is 42.3 Å². The summed E-state index contributed by atoms with van der Waals surface area (Å²) in [6.07, 6.45) is -0.914. The normalized spacial score (nSPS) is 13.2. The molecular weight excluding hydrogens is 252 g/mol. The topological polar surface area (TPSA) is 94.8 Å². The number of rotatable bonds is 6. The summed E-state index contributed by atoms with van der Waals surface area (Å²) in [7, 11) is 11.2. The summed E-state index contributed by atoms with van der Waals surface area (Å²) in [6.45, 7) is 0.645. The van der Waals surface area contributed by atoms with Crippen molar-refractivity contribution >= 4 is 11.9 Å². The first-order valence-electron chi connectivity index (χ1n) is 5.95. The number of quaternary nitrogens is 2. The molecule has 0 amide bonds. The van der Waals surface area contributed by atoms with Crippen molar-refractivity contribution in [3.63, 3.8) is 0 Å². The van der Waals surface area contributed by atoms with Crippen molar-refractivity contribution in [2.24, 2.45) is 0 Å². The summed E-state index contributed by atoms with van der Waals surface area (Å²) in [5.74, 6) is -1.71. The minimum absolute atomic E-state index is 0.171. The third kappa shape index (κ3) is 22.5. The number of aliphatic carboxylic acids is 2. The molecule has 0 radical (unpaired) electrons. The fourth-order valence-corrected chi connectivity index (χ4v) is 1.30. The van der Waals surface area contributed by atoms with Crippen LogP contribution in [0.15, 0.2) is 0 Å². The molecule has 0 aromatic heterocycles. The van der Waals surface area contributed by atoms with Gasteiger partial charge in [0.15, 0.2) is 6.54 Å². The maximum absolute atomic E-state index is 10.1. The fourth-order valence-electron chi connectivity index (χ4n) is 1.30. The van der Waals surface area contributed by atoms with Gasteiger partial charge in [0, 0.05) is 0 Å². The van der Waals surface area contributed by atoms with Crippen LogP contribution in [0.4, 0.5) is 0 Å². The molecule has 0 bridgehead atoms. The molecule has 0 spiro atoms. The van der Waals surface area contributed by atoms with E-state index in [4.69, 9.17) is 15.3 Å². The average Bonchev–Trinajstić information content (AvgIpc) is 1.91. The molecule has 1 atom stereocenters. The molecule has 3 N–H and O–H groups in total. The smallest absolute Gasteiger partial charge is 0.359 e. The minimum atomic E-state index is -0.953. The van der Waals surface area contributed by atoms with Crippen LogP contribution < -0.4 is 0 Å². The van der Waals surface area contributed by atoms with E-state index in [0.717, 1.165) is 0 Å². The largest absolute Gasteiger partial charge is 0.481 e. The summed E-state index contributed by atoms with van der Waals surface area (Å²) in [4.78, 5) is 20.1. The molecule has 0 saturated heterocycles. The van der Waals surface area contributed by atoms with Crippen molar-refractivity contribution < 1.29 is 33.9 Å². The predicted octanol–water partition coefficient (Wildman–Crippen LogP) is -0.695. The van der Waals surface area contributed by atoms with E-state index in [2.05, 4.69) is 0 Å². The second-order valence-electron chi connectivity index (χ2n) is 6.57. The van der Waals surface area contributed by atoms with Gasteiger partial charge >= 0.3 is 11.9 Å². The first kappa shape index (κ1) is 20.1. The number of nitrogens with zero attached hydrogens (tertiary/aromatic N) is 2. The highest BCUT2D eigenvalue weighted by Crippen LogP contribution is 1.98. The van der Waals surface area contributed by atoms with Crippen LogP contribution in [0, 0.1) is 0 Å². The zero-order chi connectivity index (χ0) is 15.9. The van der Waals surface area contributed by atoms with Crippen molar-refractivity contribution in [2.45, 2.75) is 12.5 Å². The maximum Gasteiger partial charge on any atom is 0.359 e. The van der Waals surface area contributed by atoms with Crippen LogP contribution >= 0.6 is 0 Å².